The van der Waals surface area contributed by atoms with Crippen molar-refractivity contribution in [3.8, 4) is 5.75 Å². The predicted molar refractivity (Wildman–Crippen MR) is 125 cm³/mol. The first kappa shape index (κ1) is 24.5. The van der Waals surface area contributed by atoms with Crippen molar-refractivity contribution in [1.29, 1.82) is 0 Å². The fraction of sp³-hybridized carbons (Fsp3) is 0.217. The Morgan fingerprint density at radius 1 is 1.20 bits per heavy atom. The Kier molecular flexibility index (Phi) is 6.92. The minimum absolute atomic E-state index is 0.0671. The molecule has 0 aliphatic rings. The summed E-state index contributed by atoms with van der Waals surface area (Å²) in [4.78, 5) is 29.6. The Morgan fingerprint density at radius 3 is 2.74 bits per heavy atom. The highest BCUT2D eigenvalue weighted by Gasteiger charge is 2.30. The van der Waals surface area contributed by atoms with Gasteiger partial charge >= 0.3 is 6.18 Å². The molecule has 0 atom stereocenters. The van der Waals surface area contributed by atoms with Crippen molar-refractivity contribution < 1.29 is 22.7 Å². The molecule has 12 heteroatoms. The highest BCUT2D eigenvalue weighted by atomic mass is 79.9. The topological polar surface area (TPSA) is 91.0 Å². The molecule has 35 heavy (non-hydrogen) atoms. The van der Waals surface area contributed by atoms with Crippen molar-refractivity contribution in [2.24, 2.45) is 0 Å². The molecule has 1 amide bonds. The number of aromatic nitrogens is 4. The normalized spacial score (nSPS) is 11.6. The summed E-state index contributed by atoms with van der Waals surface area (Å²) in [6, 6.07) is 9.83. The SMILES string of the molecule is COc1ccc(Br)c(C(=O)NCCn2ncc3c(=O)n(Cc4cccc(C(F)(F)F)c4)cnc32)c1. The maximum Gasteiger partial charge on any atom is 0.416 e. The first-order valence-electron chi connectivity index (χ1n) is 10.4. The average molecular weight is 550 g/mol. The van der Waals surface area contributed by atoms with E-state index in [0.717, 1.165) is 12.1 Å². The lowest BCUT2D eigenvalue weighted by atomic mass is 10.1. The summed E-state index contributed by atoms with van der Waals surface area (Å²) >= 11 is 3.34. The van der Waals surface area contributed by atoms with E-state index in [1.807, 2.05) is 0 Å². The van der Waals surface area contributed by atoms with E-state index >= 15 is 0 Å². The molecular formula is C23H19BrF3N5O3. The molecule has 0 bridgehead atoms. The fourth-order valence-corrected chi connectivity index (χ4v) is 3.92. The molecular weight excluding hydrogens is 531 g/mol. The lowest BCUT2D eigenvalue weighted by Crippen LogP contribution is -2.28. The molecule has 182 valence electrons. The molecule has 2 heterocycles. The Morgan fingerprint density at radius 2 is 2.00 bits per heavy atom. The van der Waals surface area contributed by atoms with Crippen LogP contribution in [-0.2, 0) is 19.3 Å². The number of ether oxygens (including phenoxy) is 1. The van der Waals surface area contributed by atoms with E-state index in [2.05, 4.69) is 31.3 Å². The quantitative estimate of drug-likeness (QED) is 0.378. The highest BCUT2D eigenvalue weighted by Crippen LogP contribution is 2.29. The third-order valence-corrected chi connectivity index (χ3v) is 5.95. The number of carbonyl (C=O) groups excluding carboxylic acids is 1. The van der Waals surface area contributed by atoms with Gasteiger partial charge in [0.05, 0.1) is 37.5 Å². The molecule has 4 aromatic rings. The zero-order valence-corrected chi connectivity index (χ0v) is 19.9. The van der Waals surface area contributed by atoms with Crippen molar-refractivity contribution in [1.82, 2.24) is 24.6 Å². The molecule has 0 aliphatic heterocycles. The van der Waals surface area contributed by atoms with Crippen LogP contribution < -0.4 is 15.6 Å². The van der Waals surface area contributed by atoms with E-state index in [-0.39, 0.29) is 30.9 Å². The summed E-state index contributed by atoms with van der Waals surface area (Å²) in [5.41, 5.74) is -0.171. The van der Waals surface area contributed by atoms with Crippen molar-refractivity contribution >= 4 is 32.9 Å². The predicted octanol–water partition coefficient (Wildman–Crippen LogP) is 3.86. The zero-order valence-electron chi connectivity index (χ0n) is 18.3. The number of alkyl halides is 3. The smallest absolute Gasteiger partial charge is 0.416 e. The molecule has 0 radical (unpaired) electrons. The third kappa shape index (κ3) is 5.37. The van der Waals surface area contributed by atoms with Crippen LogP contribution in [0, 0.1) is 0 Å². The number of hydrogen-bond donors (Lipinski definition) is 1. The second-order valence-corrected chi connectivity index (χ2v) is 8.44. The van der Waals surface area contributed by atoms with Gasteiger partial charge in [-0.2, -0.15) is 18.3 Å². The van der Waals surface area contributed by atoms with Gasteiger partial charge in [0.25, 0.3) is 11.5 Å². The van der Waals surface area contributed by atoms with Gasteiger partial charge in [-0.1, -0.05) is 12.1 Å². The van der Waals surface area contributed by atoms with Crippen LogP contribution in [0.1, 0.15) is 21.5 Å². The van der Waals surface area contributed by atoms with Crippen molar-refractivity contribution in [3.63, 3.8) is 0 Å². The number of nitrogens with zero attached hydrogens (tertiary/aromatic N) is 4. The number of nitrogens with one attached hydrogen (secondary N) is 1. The summed E-state index contributed by atoms with van der Waals surface area (Å²) in [6.07, 6.45) is -1.84. The van der Waals surface area contributed by atoms with E-state index < -0.39 is 17.3 Å². The van der Waals surface area contributed by atoms with Gasteiger partial charge in [0.1, 0.15) is 17.5 Å². The minimum Gasteiger partial charge on any atom is -0.497 e. The maximum atomic E-state index is 13.0. The Labute approximate surface area is 205 Å². The number of amides is 1. The van der Waals surface area contributed by atoms with Gasteiger partial charge in [0.2, 0.25) is 0 Å². The molecule has 0 saturated heterocycles. The van der Waals surface area contributed by atoms with Crippen molar-refractivity contribution in [3.05, 3.63) is 86.5 Å². The van der Waals surface area contributed by atoms with E-state index in [1.54, 1.807) is 18.2 Å². The molecule has 0 saturated carbocycles. The van der Waals surface area contributed by atoms with Crippen LogP contribution in [0.3, 0.4) is 0 Å². The number of halogens is 4. The van der Waals surface area contributed by atoms with Gasteiger partial charge in [-0.3, -0.25) is 14.2 Å². The van der Waals surface area contributed by atoms with E-state index in [9.17, 15) is 22.8 Å². The molecule has 0 unspecified atom stereocenters. The van der Waals surface area contributed by atoms with Crippen LogP contribution in [0.15, 0.2) is 64.3 Å². The third-order valence-electron chi connectivity index (χ3n) is 5.26. The first-order valence-corrected chi connectivity index (χ1v) is 11.2. The summed E-state index contributed by atoms with van der Waals surface area (Å²) in [5.74, 6) is 0.227. The van der Waals surface area contributed by atoms with Crippen LogP contribution in [0.25, 0.3) is 11.0 Å². The largest absolute Gasteiger partial charge is 0.497 e. The monoisotopic (exact) mass is 549 g/mol. The zero-order chi connectivity index (χ0) is 25.2. The molecule has 4 rings (SSSR count). The highest BCUT2D eigenvalue weighted by molar-refractivity contribution is 9.10. The lowest BCUT2D eigenvalue weighted by Gasteiger charge is -2.10. The molecule has 8 nitrogen and oxygen atoms in total. The van der Waals surface area contributed by atoms with Gasteiger partial charge < -0.3 is 10.1 Å². The second kappa shape index (κ2) is 9.90. The second-order valence-electron chi connectivity index (χ2n) is 7.58. The molecule has 2 aromatic heterocycles. The molecule has 0 aliphatic carbocycles. The van der Waals surface area contributed by atoms with Gasteiger partial charge in [0.15, 0.2) is 5.65 Å². The summed E-state index contributed by atoms with van der Waals surface area (Å²) < 4.78 is 47.4. The van der Waals surface area contributed by atoms with E-state index in [4.69, 9.17) is 4.74 Å². The Bertz CT molecular complexity index is 1450. The maximum absolute atomic E-state index is 13.0. The summed E-state index contributed by atoms with van der Waals surface area (Å²) in [5, 5.41) is 7.18. The van der Waals surface area contributed by atoms with Crippen LogP contribution >= 0.6 is 15.9 Å². The average Bonchev–Trinajstić information content (AvgIpc) is 3.24. The molecule has 2 aromatic carbocycles. The minimum atomic E-state index is -4.47. The molecule has 0 spiro atoms. The number of methoxy groups -OCH3 is 1. The number of rotatable bonds is 7. The summed E-state index contributed by atoms with van der Waals surface area (Å²) in [6.45, 7) is 0.400. The van der Waals surface area contributed by atoms with E-state index in [1.165, 1.54) is 41.0 Å². The summed E-state index contributed by atoms with van der Waals surface area (Å²) in [7, 11) is 1.51. The number of fused-ring (bicyclic) bond motifs is 1. The van der Waals surface area contributed by atoms with Gasteiger partial charge in [-0.05, 0) is 51.8 Å². The van der Waals surface area contributed by atoms with Crippen molar-refractivity contribution in [2.75, 3.05) is 13.7 Å². The van der Waals surface area contributed by atoms with Crippen LogP contribution in [0.2, 0.25) is 0 Å². The van der Waals surface area contributed by atoms with Gasteiger partial charge in [-0.15, -0.1) is 0 Å². The standard InChI is InChI=1S/C23H19BrF3N5O3/c1-35-16-5-6-19(24)17(10-16)21(33)28-7-8-32-20-18(11-30-32)22(34)31(13-29-20)12-14-3-2-4-15(9-14)23(25,26)27/h2-6,9-11,13H,7-8,12H2,1H3,(H,28,33). The molecule has 0 fully saturated rings. The number of hydrogen-bond acceptors (Lipinski definition) is 5. The van der Waals surface area contributed by atoms with E-state index in [0.29, 0.717) is 27.0 Å². The van der Waals surface area contributed by atoms with Crippen molar-refractivity contribution in [2.45, 2.75) is 19.3 Å². The first-order chi connectivity index (χ1) is 16.7. The Hall–Kier alpha value is -3.67. The van der Waals surface area contributed by atoms with Gasteiger partial charge in [0, 0.05) is 11.0 Å². The van der Waals surface area contributed by atoms with Crippen LogP contribution in [-0.4, -0.2) is 38.9 Å². The van der Waals surface area contributed by atoms with Crippen LogP contribution in [0.4, 0.5) is 13.2 Å². The lowest BCUT2D eigenvalue weighted by molar-refractivity contribution is -0.137. The van der Waals surface area contributed by atoms with Crippen LogP contribution in [0.5, 0.6) is 5.75 Å². The Balaban J connectivity index is 1.47. The van der Waals surface area contributed by atoms with Gasteiger partial charge in [-0.25, -0.2) is 9.67 Å². The number of carbonyl (C=O) groups is 1. The number of benzene rings is 2. The fourth-order valence-electron chi connectivity index (χ4n) is 3.49. The molecule has 1 N–H and O–H groups in total.